The van der Waals surface area contributed by atoms with Crippen LogP contribution in [0.1, 0.15) is 0 Å². The summed E-state index contributed by atoms with van der Waals surface area (Å²) in [6.45, 7) is 0. The highest BCUT2D eigenvalue weighted by molar-refractivity contribution is 6.31. The maximum absolute atomic E-state index is 6.11. The Balaban J connectivity index is 1.74. The maximum Gasteiger partial charge on any atom is 0.227 e. The van der Waals surface area contributed by atoms with Crippen LogP contribution in [0, 0.1) is 0 Å². The van der Waals surface area contributed by atoms with Gasteiger partial charge in [0.2, 0.25) is 5.95 Å². The van der Waals surface area contributed by atoms with E-state index < -0.39 is 0 Å². The number of halogens is 1. The fourth-order valence-electron chi connectivity index (χ4n) is 2.52. The minimum atomic E-state index is 0.560. The summed E-state index contributed by atoms with van der Waals surface area (Å²) in [7, 11) is 0. The van der Waals surface area contributed by atoms with Crippen molar-refractivity contribution in [2.45, 2.75) is 0 Å². The fraction of sp³-hybridized carbons (Fsp3) is 0. The molecule has 2 heterocycles. The van der Waals surface area contributed by atoms with E-state index in [1.165, 1.54) is 0 Å². The van der Waals surface area contributed by atoms with E-state index in [1.54, 1.807) is 6.20 Å². The van der Waals surface area contributed by atoms with Crippen LogP contribution in [0.15, 0.2) is 67.0 Å². The molecule has 4 nitrogen and oxygen atoms in total. The first kappa shape index (κ1) is 13.8. The zero-order valence-corrected chi connectivity index (χ0v) is 12.9. The van der Waals surface area contributed by atoms with E-state index >= 15 is 0 Å². The maximum atomic E-state index is 6.11. The first-order valence-electron chi connectivity index (χ1n) is 7.22. The predicted octanol–water partition coefficient (Wildman–Crippen LogP) is 5.02. The van der Waals surface area contributed by atoms with Gasteiger partial charge in [0, 0.05) is 39.6 Å². The number of aromatic nitrogens is 3. The minimum absolute atomic E-state index is 0.560. The van der Waals surface area contributed by atoms with Gasteiger partial charge >= 0.3 is 0 Å². The molecule has 5 heteroatoms. The lowest BCUT2D eigenvalue weighted by atomic mass is 10.1. The van der Waals surface area contributed by atoms with E-state index in [1.807, 2.05) is 60.8 Å². The van der Waals surface area contributed by atoms with Crippen molar-refractivity contribution in [1.82, 2.24) is 15.0 Å². The molecule has 2 aromatic heterocycles. The van der Waals surface area contributed by atoms with Gasteiger partial charge in [-0.1, -0.05) is 29.8 Å². The molecule has 0 aliphatic carbocycles. The second-order valence-electron chi connectivity index (χ2n) is 5.15. The van der Waals surface area contributed by atoms with Gasteiger partial charge in [-0.3, -0.25) is 0 Å². The molecule has 2 aromatic carbocycles. The molecule has 0 saturated carbocycles. The summed E-state index contributed by atoms with van der Waals surface area (Å²) >= 11 is 6.11. The van der Waals surface area contributed by atoms with Crippen LogP contribution in [0.5, 0.6) is 0 Å². The number of nitrogens with one attached hydrogen (secondary N) is 2. The summed E-state index contributed by atoms with van der Waals surface area (Å²) in [5.74, 6) is 0.560. The van der Waals surface area contributed by atoms with Crippen LogP contribution in [-0.4, -0.2) is 15.0 Å². The number of H-pyrrole nitrogens is 1. The number of nitrogens with zero attached hydrogens (tertiary/aromatic N) is 2. The smallest absolute Gasteiger partial charge is 0.227 e. The summed E-state index contributed by atoms with van der Waals surface area (Å²) in [5.41, 5.74) is 3.82. The highest BCUT2D eigenvalue weighted by Gasteiger charge is 2.09. The molecule has 4 aromatic rings. The Labute approximate surface area is 138 Å². The molecule has 0 amide bonds. The third-order valence-electron chi connectivity index (χ3n) is 3.61. The van der Waals surface area contributed by atoms with Crippen LogP contribution in [0.25, 0.3) is 22.2 Å². The van der Waals surface area contributed by atoms with Crippen molar-refractivity contribution in [2.75, 3.05) is 5.32 Å². The molecule has 0 aliphatic heterocycles. The van der Waals surface area contributed by atoms with Gasteiger partial charge in [0.25, 0.3) is 0 Å². The molecule has 0 saturated heterocycles. The number of rotatable bonds is 3. The zero-order chi connectivity index (χ0) is 15.6. The van der Waals surface area contributed by atoms with Crippen LogP contribution in [0.3, 0.4) is 0 Å². The van der Waals surface area contributed by atoms with E-state index in [4.69, 9.17) is 11.6 Å². The summed E-state index contributed by atoms with van der Waals surface area (Å²) < 4.78 is 0. The van der Waals surface area contributed by atoms with Crippen molar-refractivity contribution >= 4 is 34.1 Å². The molecule has 4 rings (SSSR count). The highest BCUT2D eigenvalue weighted by atomic mass is 35.5. The van der Waals surface area contributed by atoms with Crippen molar-refractivity contribution < 1.29 is 0 Å². The average molecular weight is 321 g/mol. The quantitative estimate of drug-likeness (QED) is 0.557. The van der Waals surface area contributed by atoms with Gasteiger partial charge in [-0.2, -0.15) is 0 Å². The van der Waals surface area contributed by atoms with Gasteiger partial charge in [0.15, 0.2) is 0 Å². The molecule has 0 bridgehead atoms. The summed E-state index contributed by atoms with van der Waals surface area (Å²) in [6, 6.07) is 17.5. The summed E-state index contributed by atoms with van der Waals surface area (Å²) in [5, 5.41) is 4.95. The largest absolute Gasteiger partial charge is 0.360 e. The SMILES string of the molecule is Clc1ccc2[nH]cc(-c3ccnc(Nc4ccccc4)n3)c2c1. The molecule has 0 radical (unpaired) electrons. The third-order valence-corrected chi connectivity index (χ3v) is 3.84. The van der Waals surface area contributed by atoms with Gasteiger partial charge in [0.05, 0.1) is 5.69 Å². The Hall–Kier alpha value is -2.85. The number of aromatic amines is 1. The Morgan fingerprint density at radius 3 is 2.74 bits per heavy atom. The van der Waals surface area contributed by atoms with Gasteiger partial charge < -0.3 is 10.3 Å². The van der Waals surface area contributed by atoms with Crippen LogP contribution >= 0.6 is 11.6 Å². The zero-order valence-electron chi connectivity index (χ0n) is 12.1. The molecule has 112 valence electrons. The van der Waals surface area contributed by atoms with E-state index in [0.29, 0.717) is 11.0 Å². The number of fused-ring (bicyclic) bond motifs is 1. The second kappa shape index (κ2) is 5.74. The first-order chi connectivity index (χ1) is 11.3. The molecule has 0 fully saturated rings. The van der Waals surface area contributed by atoms with Crippen molar-refractivity contribution in [3.63, 3.8) is 0 Å². The third kappa shape index (κ3) is 2.76. The molecular formula is C18H13ClN4. The topological polar surface area (TPSA) is 53.6 Å². The number of benzene rings is 2. The number of hydrogen-bond acceptors (Lipinski definition) is 3. The summed E-state index contributed by atoms with van der Waals surface area (Å²) in [4.78, 5) is 12.1. The number of para-hydroxylation sites is 1. The van der Waals surface area contributed by atoms with Crippen molar-refractivity contribution in [2.24, 2.45) is 0 Å². The highest BCUT2D eigenvalue weighted by Crippen LogP contribution is 2.29. The van der Waals surface area contributed by atoms with Crippen molar-refractivity contribution in [1.29, 1.82) is 0 Å². The Morgan fingerprint density at radius 1 is 1.00 bits per heavy atom. The van der Waals surface area contributed by atoms with E-state index in [0.717, 1.165) is 27.8 Å². The van der Waals surface area contributed by atoms with E-state index in [2.05, 4.69) is 20.3 Å². The molecule has 0 spiro atoms. The molecule has 0 unspecified atom stereocenters. The van der Waals surface area contributed by atoms with Gasteiger partial charge in [0.1, 0.15) is 0 Å². The normalized spacial score (nSPS) is 10.8. The molecule has 0 atom stereocenters. The lowest BCUT2D eigenvalue weighted by Crippen LogP contribution is -1.97. The van der Waals surface area contributed by atoms with Gasteiger partial charge in [-0.15, -0.1) is 0 Å². The lowest BCUT2D eigenvalue weighted by molar-refractivity contribution is 1.17. The lowest BCUT2D eigenvalue weighted by Gasteiger charge is -2.06. The number of anilines is 2. The Kier molecular flexibility index (Phi) is 3.44. The average Bonchev–Trinajstić information content (AvgIpc) is 2.99. The first-order valence-corrected chi connectivity index (χ1v) is 7.59. The summed E-state index contributed by atoms with van der Waals surface area (Å²) in [6.07, 6.45) is 3.69. The molecule has 2 N–H and O–H groups in total. The number of hydrogen-bond donors (Lipinski definition) is 2. The molecule has 0 aliphatic rings. The van der Waals surface area contributed by atoms with Crippen LogP contribution < -0.4 is 5.32 Å². The Morgan fingerprint density at radius 2 is 1.87 bits per heavy atom. The van der Waals surface area contributed by atoms with Gasteiger partial charge in [-0.25, -0.2) is 9.97 Å². The minimum Gasteiger partial charge on any atom is -0.360 e. The predicted molar refractivity (Wildman–Crippen MR) is 94.1 cm³/mol. The Bertz CT molecular complexity index is 963. The van der Waals surface area contributed by atoms with Crippen LogP contribution in [0.2, 0.25) is 5.02 Å². The van der Waals surface area contributed by atoms with E-state index in [-0.39, 0.29) is 0 Å². The van der Waals surface area contributed by atoms with Crippen molar-refractivity contribution in [3.8, 4) is 11.3 Å². The van der Waals surface area contributed by atoms with Crippen molar-refractivity contribution in [3.05, 3.63) is 72.0 Å². The fourth-order valence-corrected chi connectivity index (χ4v) is 2.70. The molecular weight excluding hydrogens is 308 g/mol. The second-order valence-corrected chi connectivity index (χ2v) is 5.59. The molecule has 23 heavy (non-hydrogen) atoms. The van der Waals surface area contributed by atoms with E-state index in [9.17, 15) is 0 Å². The van der Waals surface area contributed by atoms with Gasteiger partial charge in [-0.05, 0) is 36.4 Å². The van der Waals surface area contributed by atoms with Crippen LogP contribution in [0.4, 0.5) is 11.6 Å². The van der Waals surface area contributed by atoms with Crippen LogP contribution in [-0.2, 0) is 0 Å². The monoisotopic (exact) mass is 320 g/mol. The standard InChI is InChI=1S/C18H13ClN4/c19-12-6-7-16-14(10-12)15(11-21-16)17-8-9-20-18(23-17)22-13-4-2-1-3-5-13/h1-11,21H,(H,20,22,23).